The molecular weight excluding hydrogens is 350 g/mol. The quantitative estimate of drug-likeness (QED) is 0.419. The molecule has 0 fully saturated rings. The Balaban J connectivity index is 2.08. The summed E-state index contributed by atoms with van der Waals surface area (Å²) in [4.78, 5) is 34.3. The number of amides is 1. The third-order valence-corrected chi connectivity index (χ3v) is 4.02. The number of methoxy groups -OCH3 is 1. The van der Waals surface area contributed by atoms with E-state index in [9.17, 15) is 19.7 Å². The molecule has 0 heterocycles. The molecule has 1 unspecified atom stereocenters. The first kappa shape index (κ1) is 20.1. The van der Waals surface area contributed by atoms with Gasteiger partial charge in [0, 0.05) is 23.2 Å². The summed E-state index contributed by atoms with van der Waals surface area (Å²) in [5.74, 6) is -0.875. The summed E-state index contributed by atoms with van der Waals surface area (Å²) < 4.78 is 4.76. The highest BCUT2D eigenvalue weighted by Crippen LogP contribution is 2.18. The number of hydrogen-bond acceptors (Lipinski definition) is 6. The van der Waals surface area contributed by atoms with Gasteiger partial charge in [0.05, 0.1) is 18.5 Å². The van der Waals surface area contributed by atoms with E-state index < -0.39 is 22.3 Å². The average molecular weight is 371 g/mol. The van der Waals surface area contributed by atoms with Crippen LogP contribution in [0.5, 0.6) is 0 Å². The minimum atomic E-state index is -0.787. The number of carbonyl (C=O) groups is 2. The van der Waals surface area contributed by atoms with E-state index in [1.807, 2.05) is 30.3 Å². The van der Waals surface area contributed by atoms with Crippen LogP contribution in [0, 0.1) is 10.1 Å². The molecule has 1 atom stereocenters. The lowest BCUT2D eigenvalue weighted by Gasteiger charge is -2.30. The lowest BCUT2D eigenvalue weighted by Crippen LogP contribution is -2.54. The Bertz CT molecular complexity index is 808. The molecule has 0 aromatic heterocycles. The smallest absolute Gasteiger partial charge is 0.307 e. The molecule has 142 valence electrons. The van der Waals surface area contributed by atoms with Crippen LogP contribution in [0.2, 0.25) is 0 Å². The van der Waals surface area contributed by atoms with E-state index in [1.165, 1.54) is 31.4 Å². The van der Waals surface area contributed by atoms with Gasteiger partial charge in [-0.05, 0) is 31.0 Å². The molecule has 2 aromatic rings. The highest BCUT2D eigenvalue weighted by atomic mass is 16.6. The summed E-state index contributed by atoms with van der Waals surface area (Å²) in [6.45, 7) is 1.80. The zero-order valence-corrected chi connectivity index (χ0v) is 15.1. The predicted octanol–water partition coefficient (Wildman–Crippen LogP) is 2.39. The van der Waals surface area contributed by atoms with Crippen LogP contribution in [0.1, 0.15) is 29.3 Å². The molecule has 8 nitrogen and oxygen atoms in total. The first-order valence-electron chi connectivity index (χ1n) is 8.26. The van der Waals surface area contributed by atoms with Crippen LogP contribution in [0.4, 0.5) is 5.69 Å². The molecule has 2 rings (SSSR count). The Morgan fingerprint density at radius 2 is 1.74 bits per heavy atom. The molecule has 0 saturated heterocycles. The van der Waals surface area contributed by atoms with Crippen LogP contribution in [-0.4, -0.2) is 29.4 Å². The minimum Gasteiger partial charge on any atom is -0.469 e. The molecule has 0 aliphatic rings. The number of rotatable bonds is 8. The van der Waals surface area contributed by atoms with Gasteiger partial charge in [0.25, 0.3) is 11.6 Å². The molecule has 0 bridgehead atoms. The van der Waals surface area contributed by atoms with Gasteiger partial charge >= 0.3 is 5.97 Å². The van der Waals surface area contributed by atoms with Gasteiger partial charge in [-0.1, -0.05) is 30.3 Å². The average Bonchev–Trinajstić information content (AvgIpc) is 2.66. The summed E-state index contributed by atoms with van der Waals surface area (Å²) in [7, 11) is 1.31. The first-order valence-corrected chi connectivity index (χ1v) is 8.26. The van der Waals surface area contributed by atoms with Gasteiger partial charge < -0.3 is 4.74 Å². The maximum absolute atomic E-state index is 12.3. The monoisotopic (exact) mass is 371 g/mol. The van der Waals surface area contributed by atoms with E-state index in [0.29, 0.717) is 6.42 Å². The van der Waals surface area contributed by atoms with Gasteiger partial charge in [-0.2, -0.15) is 0 Å². The first-order chi connectivity index (χ1) is 12.8. The molecule has 1 amide bonds. The van der Waals surface area contributed by atoms with E-state index in [1.54, 1.807) is 6.92 Å². The van der Waals surface area contributed by atoms with E-state index in [4.69, 9.17) is 4.74 Å². The Morgan fingerprint density at radius 3 is 2.30 bits per heavy atom. The fourth-order valence-electron chi connectivity index (χ4n) is 2.60. The predicted molar refractivity (Wildman–Crippen MR) is 98.9 cm³/mol. The standard InChI is InChI=1S/C19H21N3O5/c1-19(13-17(23)27-2,12-14-6-4-3-5-7-14)21-20-18(24)15-8-10-16(11-9-15)22(25)26/h3-11,21H,12-13H2,1-2H3,(H,20,24). The Hall–Kier alpha value is -3.26. The van der Waals surface area contributed by atoms with Crippen molar-refractivity contribution in [3.63, 3.8) is 0 Å². The number of benzene rings is 2. The molecule has 0 radical (unpaired) electrons. The van der Waals surface area contributed by atoms with Gasteiger partial charge in [0.15, 0.2) is 0 Å². The number of nitro benzene ring substituents is 1. The lowest BCUT2D eigenvalue weighted by molar-refractivity contribution is -0.384. The van der Waals surface area contributed by atoms with E-state index >= 15 is 0 Å². The summed E-state index contributed by atoms with van der Waals surface area (Å²) >= 11 is 0. The fourth-order valence-corrected chi connectivity index (χ4v) is 2.60. The van der Waals surface area contributed by atoms with Crippen LogP contribution in [0.25, 0.3) is 0 Å². The number of nitro groups is 1. The molecule has 0 saturated carbocycles. The van der Waals surface area contributed by atoms with Crippen molar-refractivity contribution in [3.05, 3.63) is 75.8 Å². The topological polar surface area (TPSA) is 111 Å². The third-order valence-electron chi connectivity index (χ3n) is 4.02. The number of nitrogens with one attached hydrogen (secondary N) is 2. The number of ether oxygens (including phenoxy) is 1. The molecule has 2 N–H and O–H groups in total. The maximum atomic E-state index is 12.3. The third kappa shape index (κ3) is 5.89. The van der Waals surface area contributed by atoms with Crippen molar-refractivity contribution >= 4 is 17.6 Å². The normalized spacial score (nSPS) is 12.7. The second kappa shape index (κ2) is 8.91. The SMILES string of the molecule is COC(=O)CC(C)(Cc1ccccc1)NNC(=O)c1ccc([N+](=O)[O-])cc1. The number of carbonyl (C=O) groups excluding carboxylic acids is 2. The number of nitrogens with zero attached hydrogens (tertiary/aromatic N) is 1. The largest absolute Gasteiger partial charge is 0.469 e. The van der Waals surface area contributed by atoms with Gasteiger partial charge in [0.1, 0.15) is 0 Å². The van der Waals surface area contributed by atoms with Crippen LogP contribution in [-0.2, 0) is 16.0 Å². The van der Waals surface area contributed by atoms with E-state index in [-0.39, 0.29) is 17.7 Å². The van der Waals surface area contributed by atoms with Crippen molar-refractivity contribution in [2.45, 2.75) is 25.3 Å². The minimum absolute atomic E-state index is 0.0406. The van der Waals surface area contributed by atoms with E-state index in [2.05, 4.69) is 10.9 Å². The van der Waals surface area contributed by atoms with Crippen molar-refractivity contribution in [3.8, 4) is 0 Å². The number of hydrazine groups is 1. The molecule has 0 aliphatic heterocycles. The van der Waals surface area contributed by atoms with Crippen LogP contribution >= 0.6 is 0 Å². The summed E-state index contributed by atoms with van der Waals surface area (Å²) in [5.41, 5.74) is 5.84. The van der Waals surface area contributed by atoms with Crippen molar-refractivity contribution in [2.75, 3.05) is 7.11 Å². The van der Waals surface area contributed by atoms with Gasteiger partial charge in [0.2, 0.25) is 0 Å². The summed E-state index contributed by atoms with van der Waals surface area (Å²) in [6, 6.07) is 14.8. The van der Waals surface area contributed by atoms with E-state index in [0.717, 1.165) is 5.56 Å². The lowest BCUT2D eigenvalue weighted by atomic mass is 9.90. The fraction of sp³-hybridized carbons (Fsp3) is 0.263. The second-order valence-corrected chi connectivity index (χ2v) is 6.36. The van der Waals surface area contributed by atoms with Gasteiger partial charge in [-0.25, -0.2) is 5.43 Å². The van der Waals surface area contributed by atoms with Crippen molar-refractivity contribution < 1.29 is 19.2 Å². The van der Waals surface area contributed by atoms with Gasteiger partial charge in [-0.3, -0.25) is 25.1 Å². The highest BCUT2D eigenvalue weighted by molar-refractivity contribution is 5.94. The zero-order valence-electron chi connectivity index (χ0n) is 15.1. The van der Waals surface area contributed by atoms with Gasteiger partial charge in [-0.15, -0.1) is 0 Å². The second-order valence-electron chi connectivity index (χ2n) is 6.36. The molecule has 0 spiro atoms. The molecule has 27 heavy (non-hydrogen) atoms. The summed E-state index contributed by atoms with van der Waals surface area (Å²) in [6.07, 6.45) is 0.516. The molecular formula is C19H21N3O5. The highest BCUT2D eigenvalue weighted by Gasteiger charge is 2.29. The van der Waals surface area contributed by atoms with Crippen molar-refractivity contribution in [1.82, 2.24) is 10.9 Å². The molecule has 8 heteroatoms. The number of esters is 1. The van der Waals surface area contributed by atoms with Crippen molar-refractivity contribution in [2.24, 2.45) is 0 Å². The number of hydrogen-bond donors (Lipinski definition) is 2. The van der Waals surface area contributed by atoms with Crippen LogP contribution in [0.15, 0.2) is 54.6 Å². The van der Waals surface area contributed by atoms with Crippen LogP contribution < -0.4 is 10.9 Å². The van der Waals surface area contributed by atoms with Crippen molar-refractivity contribution in [1.29, 1.82) is 0 Å². The molecule has 2 aromatic carbocycles. The Morgan fingerprint density at radius 1 is 1.11 bits per heavy atom. The Kier molecular flexibility index (Phi) is 6.62. The zero-order chi connectivity index (χ0) is 19.9. The molecule has 0 aliphatic carbocycles. The Labute approximate surface area is 156 Å². The van der Waals surface area contributed by atoms with Crippen LogP contribution in [0.3, 0.4) is 0 Å². The number of non-ortho nitro benzene ring substituents is 1. The maximum Gasteiger partial charge on any atom is 0.307 e. The summed E-state index contributed by atoms with van der Waals surface area (Å²) in [5, 5.41) is 10.7.